The third kappa shape index (κ3) is 1.19. The summed E-state index contributed by atoms with van der Waals surface area (Å²) in [6, 6.07) is 3.17. The summed E-state index contributed by atoms with van der Waals surface area (Å²) in [6.07, 6.45) is 2.68. The second-order valence-corrected chi connectivity index (χ2v) is 4.10. The Morgan fingerprint density at radius 3 is 2.92 bits per heavy atom. The minimum atomic E-state index is -0.353. The summed E-state index contributed by atoms with van der Waals surface area (Å²) < 4.78 is 14.0. The van der Waals surface area contributed by atoms with Gasteiger partial charge in [0.05, 0.1) is 5.02 Å². The molecule has 0 radical (unpaired) electrons. The molecule has 0 saturated heterocycles. The molecule has 0 spiro atoms. The van der Waals surface area contributed by atoms with Gasteiger partial charge in [0.1, 0.15) is 5.82 Å². The van der Waals surface area contributed by atoms with Crippen molar-refractivity contribution in [3.63, 3.8) is 0 Å². The summed E-state index contributed by atoms with van der Waals surface area (Å²) in [5.74, 6) is -0.353. The Morgan fingerprint density at radius 2 is 2.17 bits per heavy atom. The third-order valence-corrected chi connectivity index (χ3v) is 2.78. The van der Waals surface area contributed by atoms with Crippen LogP contribution in [0.15, 0.2) is 16.6 Å². The molecule has 62 valence electrons. The number of hydrogen-bond donors (Lipinski definition) is 0. The molecule has 1 aromatic carbocycles. The van der Waals surface area contributed by atoms with Gasteiger partial charge in [0, 0.05) is 16.5 Å². The zero-order valence-corrected chi connectivity index (χ0v) is 8.41. The van der Waals surface area contributed by atoms with Gasteiger partial charge in [-0.15, -0.1) is 0 Å². The Labute approximate surface area is 83.2 Å². The molecule has 2 rings (SSSR count). The lowest BCUT2D eigenvalue weighted by molar-refractivity contribution is 0.627. The fraction of sp³-hybridized carbons (Fsp3) is 0.111. The summed E-state index contributed by atoms with van der Waals surface area (Å²) in [7, 11) is 0. The highest BCUT2D eigenvalue weighted by Crippen LogP contribution is 2.34. The van der Waals surface area contributed by atoms with Crippen LogP contribution in [-0.2, 0) is 6.42 Å². The molecule has 1 aromatic rings. The van der Waals surface area contributed by atoms with E-state index in [2.05, 4.69) is 15.9 Å². The van der Waals surface area contributed by atoms with Crippen LogP contribution in [0.5, 0.6) is 0 Å². The van der Waals surface area contributed by atoms with Gasteiger partial charge in [0.2, 0.25) is 0 Å². The quantitative estimate of drug-likeness (QED) is 0.655. The topological polar surface area (TPSA) is 0 Å². The van der Waals surface area contributed by atoms with Crippen molar-refractivity contribution in [3.05, 3.63) is 38.6 Å². The minimum absolute atomic E-state index is 0.224. The second-order valence-electron chi connectivity index (χ2n) is 2.70. The molecule has 0 bridgehead atoms. The predicted molar refractivity (Wildman–Crippen MR) is 52.0 cm³/mol. The molecule has 0 unspecified atom stereocenters. The number of rotatable bonds is 0. The highest BCUT2D eigenvalue weighted by molar-refractivity contribution is 9.11. The fourth-order valence-electron chi connectivity index (χ4n) is 1.31. The molecule has 0 amide bonds. The van der Waals surface area contributed by atoms with Crippen molar-refractivity contribution in [1.29, 1.82) is 0 Å². The summed E-state index contributed by atoms with van der Waals surface area (Å²) in [6.45, 7) is 0. The highest BCUT2D eigenvalue weighted by Gasteiger charge is 2.15. The van der Waals surface area contributed by atoms with Crippen LogP contribution in [-0.4, -0.2) is 0 Å². The molecule has 1 aliphatic carbocycles. The molecule has 3 heteroatoms. The Balaban J connectivity index is 2.65. The van der Waals surface area contributed by atoms with Gasteiger partial charge in [-0.25, -0.2) is 4.39 Å². The lowest BCUT2D eigenvalue weighted by Gasteiger charge is -2.00. The van der Waals surface area contributed by atoms with Crippen molar-refractivity contribution >= 4 is 33.6 Å². The largest absolute Gasteiger partial charge is 0.205 e. The summed E-state index contributed by atoms with van der Waals surface area (Å²) in [5.41, 5.74) is 1.89. The third-order valence-electron chi connectivity index (χ3n) is 1.88. The number of benzene rings is 1. The van der Waals surface area contributed by atoms with Crippen molar-refractivity contribution in [2.24, 2.45) is 0 Å². The predicted octanol–water partition coefficient (Wildman–Crippen LogP) is 3.77. The van der Waals surface area contributed by atoms with Crippen LogP contribution in [0.1, 0.15) is 11.1 Å². The molecule has 0 nitrogen and oxygen atoms in total. The minimum Gasteiger partial charge on any atom is -0.205 e. The van der Waals surface area contributed by atoms with Crippen LogP contribution in [0, 0.1) is 5.82 Å². The van der Waals surface area contributed by atoms with Gasteiger partial charge in [-0.05, 0) is 17.7 Å². The van der Waals surface area contributed by atoms with Crippen molar-refractivity contribution in [2.75, 3.05) is 0 Å². The molecule has 1 aliphatic rings. The van der Waals surface area contributed by atoms with E-state index in [9.17, 15) is 4.39 Å². The average Bonchev–Trinajstić information content (AvgIpc) is 2.39. The maximum Gasteiger partial charge on any atom is 0.142 e. The van der Waals surface area contributed by atoms with Crippen LogP contribution in [0.3, 0.4) is 0 Å². The number of hydrogen-bond acceptors (Lipinski definition) is 0. The van der Waals surface area contributed by atoms with Gasteiger partial charge in [-0.1, -0.05) is 33.6 Å². The van der Waals surface area contributed by atoms with E-state index >= 15 is 0 Å². The van der Waals surface area contributed by atoms with E-state index in [4.69, 9.17) is 11.6 Å². The summed E-state index contributed by atoms with van der Waals surface area (Å²) in [4.78, 5) is 0. The average molecular weight is 247 g/mol. The number of fused-ring (bicyclic) bond motifs is 1. The van der Waals surface area contributed by atoms with Gasteiger partial charge in [-0.3, -0.25) is 0 Å². The molecule has 0 aromatic heterocycles. The van der Waals surface area contributed by atoms with Crippen molar-refractivity contribution in [1.82, 2.24) is 0 Å². The van der Waals surface area contributed by atoms with Crippen molar-refractivity contribution < 1.29 is 4.39 Å². The van der Waals surface area contributed by atoms with Gasteiger partial charge in [0.25, 0.3) is 0 Å². The fourth-order valence-corrected chi connectivity index (χ4v) is 2.08. The van der Waals surface area contributed by atoms with E-state index in [0.29, 0.717) is 0 Å². The number of allylic oxidation sites excluding steroid dienone is 1. The molecule has 12 heavy (non-hydrogen) atoms. The Kier molecular flexibility index (Phi) is 1.97. The normalized spacial score (nSPS) is 14.4. The van der Waals surface area contributed by atoms with Crippen LogP contribution in [0.4, 0.5) is 4.39 Å². The molecule has 0 aliphatic heterocycles. The highest BCUT2D eigenvalue weighted by atomic mass is 79.9. The first-order valence-electron chi connectivity index (χ1n) is 3.51. The van der Waals surface area contributed by atoms with Crippen LogP contribution in [0.2, 0.25) is 5.02 Å². The second kappa shape index (κ2) is 2.86. The number of halogens is 3. The van der Waals surface area contributed by atoms with Gasteiger partial charge < -0.3 is 0 Å². The maximum absolute atomic E-state index is 12.9. The summed E-state index contributed by atoms with van der Waals surface area (Å²) >= 11 is 9.12. The monoisotopic (exact) mass is 246 g/mol. The van der Waals surface area contributed by atoms with E-state index < -0.39 is 0 Å². The van der Waals surface area contributed by atoms with Crippen LogP contribution in [0.25, 0.3) is 6.08 Å². The lowest BCUT2D eigenvalue weighted by Crippen LogP contribution is -1.86. The lowest BCUT2D eigenvalue weighted by atomic mass is 10.1. The zero-order valence-electron chi connectivity index (χ0n) is 6.07. The zero-order chi connectivity index (χ0) is 8.72. The van der Waals surface area contributed by atoms with Gasteiger partial charge >= 0.3 is 0 Å². The van der Waals surface area contributed by atoms with Crippen molar-refractivity contribution in [3.8, 4) is 0 Å². The van der Waals surface area contributed by atoms with Gasteiger partial charge in [0.15, 0.2) is 0 Å². The summed E-state index contributed by atoms with van der Waals surface area (Å²) in [5, 5.41) is 0.224. The molecule has 0 heterocycles. The van der Waals surface area contributed by atoms with E-state index in [1.54, 1.807) is 6.07 Å². The van der Waals surface area contributed by atoms with E-state index in [-0.39, 0.29) is 10.8 Å². The standard InChI is InChI=1S/C9H5BrClF/c10-6-3-5-1-2-8(12)9(11)7(5)4-6/h1-2,4H,3H2. The molecule has 0 saturated carbocycles. The van der Waals surface area contributed by atoms with Crippen LogP contribution >= 0.6 is 27.5 Å². The maximum atomic E-state index is 12.9. The smallest absolute Gasteiger partial charge is 0.142 e. The first-order valence-corrected chi connectivity index (χ1v) is 4.68. The van der Waals surface area contributed by atoms with Gasteiger partial charge in [-0.2, -0.15) is 0 Å². The SMILES string of the molecule is Fc1ccc2c(c1Cl)C=C(Br)C2. The van der Waals surface area contributed by atoms with E-state index in [1.807, 2.05) is 6.08 Å². The Hall–Kier alpha value is -0.340. The molecular formula is C9H5BrClF. The molecule has 0 N–H and O–H groups in total. The van der Waals surface area contributed by atoms with E-state index in [1.165, 1.54) is 6.07 Å². The Morgan fingerprint density at radius 1 is 1.42 bits per heavy atom. The molecule has 0 atom stereocenters. The van der Waals surface area contributed by atoms with Crippen LogP contribution < -0.4 is 0 Å². The Bertz CT molecular complexity index is 371. The molecular weight excluding hydrogens is 242 g/mol. The first kappa shape index (κ1) is 8.27. The first-order chi connectivity index (χ1) is 5.68. The van der Waals surface area contributed by atoms with E-state index in [0.717, 1.165) is 22.0 Å². The van der Waals surface area contributed by atoms with Crippen molar-refractivity contribution in [2.45, 2.75) is 6.42 Å². The molecule has 0 fully saturated rings.